The number of nitrogens with zero attached hydrogens (tertiary/aromatic N) is 2. The molecule has 6 nitrogen and oxygen atoms in total. The van der Waals surface area contributed by atoms with Gasteiger partial charge in [-0.05, 0) is 68.4 Å². The van der Waals surface area contributed by atoms with E-state index < -0.39 is 11.9 Å². The van der Waals surface area contributed by atoms with Crippen LogP contribution in [0.1, 0.15) is 105 Å². The van der Waals surface area contributed by atoms with Gasteiger partial charge in [0.05, 0.1) is 12.1 Å². The number of Topliss-reactive ketones (excluding diaryl/α,β-unsaturated/α-hetero) is 1. The molecule has 2 aliphatic rings. The van der Waals surface area contributed by atoms with Gasteiger partial charge in [0.2, 0.25) is 0 Å². The van der Waals surface area contributed by atoms with Crippen LogP contribution < -0.4 is 0 Å². The number of aliphatic carboxylic acids is 1. The van der Waals surface area contributed by atoms with Crippen LogP contribution in [0.5, 0.6) is 0 Å². The minimum Gasteiger partial charge on any atom is -0.481 e. The monoisotopic (exact) mass is 438 g/mol. The molecule has 0 aliphatic heterocycles. The summed E-state index contributed by atoms with van der Waals surface area (Å²) >= 11 is 0. The third kappa shape index (κ3) is 5.45. The number of rotatable bonds is 11. The molecular formula is C26H34N2O4. The summed E-state index contributed by atoms with van der Waals surface area (Å²) in [5.74, 6) is 1.84. The quantitative estimate of drug-likeness (QED) is 0.494. The molecule has 2 fully saturated rings. The number of carboxylic acids is 1. The van der Waals surface area contributed by atoms with Crippen LogP contribution in [0.4, 0.5) is 0 Å². The lowest BCUT2D eigenvalue weighted by atomic mass is 9.69. The molecule has 0 saturated heterocycles. The second kappa shape index (κ2) is 9.55. The molecule has 1 atom stereocenters. The fourth-order valence-corrected chi connectivity index (χ4v) is 5.16. The van der Waals surface area contributed by atoms with Gasteiger partial charge in [0.25, 0.3) is 0 Å². The summed E-state index contributed by atoms with van der Waals surface area (Å²) in [6, 6.07) is 3.79. The van der Waals surface area contributed by atoms with Crippen LogP contribution in [0.25, 0.3) is 0 Å². The topological polar surface area (TPSA) is 93.3 Å². The van der Waals surface area contributed by atoms with Gasteiger partial charge in [-0.3, -0.25) is 14.6 Å². The van der Waals surface area contributed by atoms with Crippen LogP contribution in [0.15, 0.2) is 22.9 Å². The predicted molar refractivity (Wildman–Crippen MR) is 121 cm³/mol. The van der Waals surface area contributed by atoms with Gasteiger partial charge in [-0.25, -0.2) is 0 Å². The molecule has 2 aromatic rings. The van der Waals surface area contributed by atoms with Gasteiger partial charge in [-0.1, -0.05) is 25.1 Å². The lowest BCUT2D eigenvalue weighted by Gasteiger charge is -2.35. The van der Waals surface area contributed by atoms with Gasteiger partial charge >= 0.3 is 5.97 Å². The molecule has 0 aromatic carbocycles. The van der Waals surface area contributed by atoms with Crippen molar-refractivity contribution < 1.29 is 19.2 Å². The first-order valence-electron chi connectivity index (χ1n) is 11.9. The Balaban J connectivity index is 1.50. The normalized spacial score (nSPS) is 21.4. The summed E-state index contributed by atoms with van der Waals surface area (Å²) in [7, 11) is 0. The van der Waals surface area contributed by atoms with Crippen molar-refractivity contribution in [1.82, 2.24) is 10.1 Å². The van der Waals surface area contributed by atoms with E-state index in [4.69, 9.17) is 4.52 Å². The van der Waals surface area contributed by atoms with Crippen LogP contribution >= 0.6 is 0 Å². The number of hydrogen-bond donors (Lipinski definition) is 1. The van der Waals surface area contributed by atoms with Crippen LogP contribution in [0.3, 0.4) is 0 Å². The molecular weight excluding hydrogens is 404 g/mol. The maximum absolute atomic E-state index is 12.8. The largest absolute Gasteiger partial charge is 0.481 e. The average molecular weight is 439 g/mol. The highest BCUT2D eigenvalue weighted by atomic mass is 16.5. The Morgan fingerprint density at radius 1 is 1.16 bits per heavy atom. The fourth-order valence-electron chi connectivity index (χ4n) is 5.16. The van der Waals surface area contributed by atoms with Gasteiger partial charge in [0.1, 0.15) is 11.5 Å². The first-order chi connectivity index (χ1) is 15.3. The molecule has 32 heavy (non-hydrogen) atoms. The number of carbonyl (C=O) groups excluding carboxylic acids is 1. The number of pyridine rings is 1. The van der Waals surface area contributed by atoms with E-state index in [1.165, 1.54) is 6.42 Å². The van der Waals surface area contributed by atoms with E-state index in [1.54, 1.807) is 6.20 Å². The van der Waals surface area contributed by atoms with Crippen molar-refractivity contribution in [2.24, 2.45) is 11.8 Å². The Morgan fingerprint density at radius 2 is 1.91 bits per heavy atom. The van der Waals surface area contributed by atoms with Crippen molar-refractivity contribution in [1.29, 1.82) is 0 Å². The molecule has 0 radical (unpaired) electrons. The van der Waals surface area contributed by atoms with E-state index in [-0.39, 0.29) is 25.0 Å². The summed E-state index contributed by atoms with van der Waals surface area (Å²) in [4.78, 5) is 28.7. The summed E-state index contributed by atoms with van der Waals surface area (Å²) in [5.41, 5.74) is 3.59. The lowest BCUT2D eigenvalue weighted by Crippen LogP contribution is -2.23. The van der Waals surface area contributed by atoms with Crippen LogP contribution in [-0.2, 0) is 16.0 Å². The Labute approximate surface area is 189 Å². The molecule has 2 aromatic heterocycles. The highest BCUT2D eigenvalue weighted by Gasteiger charge is 2.41. The van der Waals surface area contributed by atoms with Crippen LogP contribution in [-0.4, -0.2) is 27.0 Å². The third-order valence-corrected chi connectivity index (χ3v) is 6.84. The van der Waals surface area contributed by atoms with Crippen LogP contribution in [0, 0.1) is 18.8 Å². The van der Waals surface area contributed by atoms with Crippen molar-refractivity contribution in [3.05, 3.63) is 46.6 Å². The van der Waals surface area contributed by atoms with Crippen molar-refractivity contribution in [3.63, 3.8) is 0 Å². The first-order valence-corrected chi connectivity index (χ1v) is 11.9. The first kappa shape index (κ1) is 22.7. The van der Waals surface area contributed by atoms with Gasteiger partial charge < -0.3 is 9.63 Å². The number of aryl methyl sites for hydroxylation is 1. The predicted octanol–water partition coefficient (Wildman–Crippen LogP) is 5.56. The van der Waals surface area contributed by atoms with Gasteiger partial charge in [0.15, 0.2) is 0 Å². The molecule has 2 aliphatic carbocycles. The van der Waals surface area contributed by atoms with Gasteiger partial charge in [0, 0.05) is 42.1 Å². The van der Waals surface area contributed by atoms with E-state index in [2.05, 4.69) is 24.0 Å². The standard InChI is InChI=1S/C26H34N2O4/c1-15(2)8-18-9-21(10-18)26-24(19-6-7-19)25(28-32-26)20(13-23(30)31)12-22(29)11-17-5-4-16(3)27-14-17/h4-5,14-15,18-21H,6-13H2,1-3H3,(H,30,31)/t18?,20-,21?/m1/s1. The van der Waals surface area contributed by atoms with E-state index >= 15 is 0 Å². The van der Waals surface area contributed by atoms with Crippen molar-refractivity contribution in [3.8, 4) is 0 Å². The minimum absolute atomic E-state index is 0.00819. The molecule has 2 saturated carbocycles. The zero-order chi connectivity index (χ0) is 22.8. The second-order valence-electron chi connectivity index (χ2n) is 10.3. The molecule has 0 spiro atoms. The summed E-state index contributed by atoms with van der Waals surface area (Å²) in [6.07, 6.45) is 7.68. The molecule has 6 heteroatoms. The van der Waals surface area contributed by atoms with Crippen molar-refractivity contribution >= 4 is 11.8 Å². The zero-order valence-corrected chi connectivity index (χ0v) is 19.3. The Bertz CT molecular complexity index is 953. The smallest absolute Gasteiger partial charge is 0.304 e. The summed E-state index contributed by atoms with van der Waals surface area (Å²) in [6.45, 7) is 6.43. The number of hydrogen-bond acceptors (Lipinski definition) is 5. The van der Waals surface area contributed by atoms with Crippen molar-refractivity contribution in [2.75, 3.05) is 0 Å². The maximum Gasteiger partial charge on any atom is 0.304 e. The van der Waals surface area contributed by atoms with Crippen LogP contribution in [0.2, 0.25) is 0 Å². The van der Waals surface area contributed by atoms with E-state index in [0.717, 1.165) is 54.2 Å². The number of ketones is 1. The molecule has 2 heterocycles. The highest BCUT2D eigenvalue weighted by molar-refractivity contribution is 5.82. The van der Waals surface area contributed by atoms with E-state index in [1.807, 2.05) is 19.1 Å². The number of carboxylic acid groups (broad SMARTS) is 1. The number of carbonyl (C=O) groups is 2. The second-order valence-corrected chi connectivity index (χ2v) is 10.3. The summed E-state index contributed by atoms with van der Waals surface area (Å²) in [5, 5.41) is 13.9. The Kier molecular flexibility index (Phi) is 6.77. The van der Waals surface area contributed by atoms with E-state index in [0.29, 0.717) is 23.4 Å². The lowest BCUT2D eigenvalue weighted by molar-refractivity contribution is -0.137. The molecule has 0 amide bonds. The van der Waals surface area contributed by atoms with Gasteiger partial charge in [-0.2, -0.15) is 0 Å². The minimum atomic E-state index is -0.910. The highest BCUT2D eigenvalue weighted by Crippen LogP contribution is 2.52. The molecule has 4 rings (SSSR count). The Morgan fingerprint density at radius 3 is 2.50 bits per heavy atom. The molecule has 1 N–H and O–H groups in total. The maximum atomic E-state index is 12.8. The van der Waals surface area contributed by atoms with Gasteiger partial charge in [-0.15, -0.1) is 0 Å². The third-order valence-electron chi connectivity index (χ3n) is 6.84. The summed E-state index contributed by atoms with van der Waals surface area (Å²) < 4.78 is 5.87. The fraction of sp³-hybridized carbons (Fsp3) is 0.615. The Hall–Kier alpha value is -2.50. The average Bonchev–Trinajstić information content (AvgIpc) is 3.44. The van der Waals surface area contributed by atoms with Crippen molar-refractivity contribution in [2.45, 2.75) is 89.9 Å². The van der Waals surface area contributed by atoms with E-state index in [9.17, 15) is 14.7 Å². The number of aromatic nitrogens is 2. The molecule has 0 unspecified atom stereocenters. The molecule has 172 valence electrons. The molecule has 0 bridgehead atoms. The SMILES string of the molecule is Cc1ccc(CC(=O)C[C@H](CC(=O)O)c2noc(C3CC(CC(C)C)C3)c2C2CC2)cn1. The zero-order valence-electron chi connectivity index (χ0n) is 19.3.